The van der Waals surface area contributed by atoms with Crippen molar-refractivity contribution in [3.05, 3.63) is 59.7 Å². The first kappa shape index (κ1) is 20.5. The van der Waals surface area contributed by atoms with Gasteiger partial charge in [0.25, 0.3) is 5.91 Å². The molecule has 1 amide bonds. The number of rotatable bonds is 8. The summed E-state index contributed by atoms with van der Waals surface area (Å²) in [5, 5.41) is 12.0. The Hall–Kier alpha value is -3.79. The lowest BCUT2D eigenvalue weighted by Crippen LogP contribution is -2.14. The summed E-state index contributed by atoms with van der Waals surface area (Å²) in [6, 6.07) is 15.3. The first-order valence-corrected chi connectivity index (χ1v) is 8.51. The summed E-state index contributed by atoms with van der Waals surface area (Å²) in [6.45, 7) is 1.83. The van der Waals surface area contributed by atoms with Gasteiger partial charge < -0.3 is 19.5 Å². The van der Waals surface area contributed by atoms with E-state index in [1.165, 1.54) is 6.08 Å². The van der Waals surface area contributed by atoms with Crippen LogP contribution >= 0.6 is 0 Å². The maximum atomic E-state index is 12.3. The van der Waals surface area contributed by atoms with Crippen LogP contribution in [0.25, 0.3) is 6.08 Å². The molecule has 0 saturated heterocycles. The van der Waals surface area contributed by atoms with Crippen molar-refractivity contribution in [1.82, 2.24) is 0 Å². The summed E-state index contributed by atoms with van der Waals surface area (Å²) in [4.78, 5) is 23.6. The summed E-state index contributed by atoms with van der Waals surface area (Å²) in [7, 11) is 1.55. The quantitative estimate of drug-likeness (QED) is 0.429. The highest BCUT2D eigenvalue weighted by Gasteiger charge is 2.10. The molecule has 0 fully saturated rings. The van der Waals surface area contributed by atoms with Gasteiger partial charge in [0.2, 0.25) is 0 Å². The molecule has 0 spiro atoms. The van der Waals surface area contributed by atoms with Gasteiger partial charge in [-0.25, -0.2) is 4.79 Å². The first-order valence-electron chi connectivity index (χ1n) is 8.51. The number of methoxy groups -OCH3 is 1. The molecule has 28 heavy (non-hydrogen) atoms. The van der Waals surface area contributed by atoms with Gasteiger partial charge in [-0.15, -0.1) is 0 Å². The molecule has 2 aromatic rings. The smallest absolute Gasteiger partial charge is 0.344 e. The minimum Gasteiger partial charge on any atom is -0.497 e. The van der Waals surface area contributed by atoms with Gasteiger partial charge in [0.1, 0.15) is 23.1 Å². The Morgan fingerprint density at radius 1 is 1.07 bits per heavy atom. The van der Waals surface area contributed by atoms with Crippen LogP contribution in [0.2, 0.25) is 0 Å². The Labute approximate surface area is 163 Å². The summed E-state index contributed by atoms with van der Waals surface area (Å²) in [5.41, 5.74) is 1.15. The number of ether oxygens (including phenoxy) is 3. The van der Waals surface area contributed by atoms with Gasteiger partial charge in [0.15, 0.2) is 6.61 Å². The molecule has 7 heteroatoms. The number of amides is 1. The lowest BCUT2D eigenvalue weighted by atomic mass is 10.1. The monoisotopic (exact) mass is 380 g/mol. The first-order chi connectivity index (χ1) is 13.5. The van der Waals surface area contributed by atoms with Crippen molar-refractivity contribution in [2.24, 2.45) is 0 Å². The minimum absolute atomic E-state index is 0.0454. The third kappa shape index (κ3) is 6.18. The Balaban J connectivity index is 2.01. The zero-order chi connectivity index (χ0) is 20.4. The van der Waals surface area contributed by atoms with Crippen molar-refractivity contribution >= 4 is 23.6 Å². The van der Waals surface area contributed by atoms with E-state index in [-0.39, 0.29) is 12.2 Å². The molecule has 0 aromatic heterocycles. The third-order valence-corrected chi connectivity index (χ3v) is 3.57. The lowest BCUT2D eigenvalue weighted by Gasteiger charge is -2.07. The average Bonchev–Trinajstić information content (AvgIpc) is 2.72. The van der Waals surface area contributed by atoms with Crippen LogP contribution in [0.1, 0.15) is 12.5 Å². The van der Waals surface area contributed by atoms with E-state index in [0.717, 1.165) is 0 Å². The van der Waals surface area contributed by atoms with E-state index >= 15 is 0 Å². The highest BCUT2D eigenvalue weighted by Crippen LogP contribution is 2.17. The largest absolute Gasteiger partial charge is 0.497 e. The molecule has 0 saturated carbocycles. The second kappa shape index (κ2) is 10.4. The van der Waals surface area contributed by atoms with E-state index < -0.39 is 11.9 Å². The number of esters is 1. The number of hydrogen-bond acceptors (Lipinski definition) is 6. The maximum absolute atomic E-state index is 12.3. The maximum Gasteiger partial charge on any atom is 0.344 e. The number of anilines is 1. The third-order valence-electron chi connectivity index (χ3n) is 3.57. The second-order valence-corrected chi connectivity index (χ2v) is 5.52. The molecule has 0 bridgehead atoms. The molecule has 2 rings (SSSR count). The second-order valence-electron chi connectivity index (χ2n) is 5.52. The molecule has 0 unspecified atom stereocenters. The van der Waals surface area contributed by atoms with Gasteiger partial charge in [0, 0.05) is 5.69 Å². The van der Waals surface area contributed by atoms with Gasteiger partial charge in [-0.2, -0.15) is 5.26 Å². The highest BCUT2D eigenvalue weighted by molar-refractivity contribution is 6.09. The fourth-order valence-corrected chi connectivity index (χ4v) is 2.19. The molecule has 0 aliphatic carbocycles. The summed E-state index contributed by atoms with van der Waals surface area (Å²) in [5.74, 6) is 0.175. The van der Waals surface area contributed by atoms with Crippen LogP contribution in [0, 0.1) is 11.3 Å². The normalized spacial score (nSPS) is 10.5. The molecule has 0 heterocycles. The number of benzene rings is 2. The standard InChI is InChI=1S/C21H20N2O5/c1-3-27-20(24)14-28-19-8-4-15(5-9-19)12-16(13-22)21(25)23-17-6-10-18(26-2)11-7-17/h4-12H,3,14H2,1-2H3,(H,23,25). The van der Waals surface area contributed by atoms with Crippen molar-refractivity contribution in [2.75, 3.05) is 25.6 Å². The number of hydrogen-bond donors (Lipinski definition) is 1. The predicted octanol–water partition coefficient (Wildman–Crippen LogP) is 3.18. The van der Waals surface area contributed by atoms with E-state index in [9.17, 15) is 14.9 Å². The van der Waals surface area contributed by atoms with Gasteiger partial charge >= 0.3 is 5.97 Å². The van der Waals surface area contributed by atoms with Crippen LogP contribution < -0.4 is 14.8 Å². The fourth-order valence-electron chi connectivity index (χ4n) is 2.19. The number of nitrogens with one attached hydrogen (secondary N) is 1. The van der Waals surface area contributed by atoms with Gasteiger partial charge in [0.05, 0.1) is 13.7 Å². The number of nitrogens with zero attached hydrogens (tertiary/aromatic N) is 1. The molecule has 0 aliphatic rings. The molecular weight excluding hydrogens is 360 g/mol. The topological polar surface area (TPSA) is 97.7 Å². The van der Waals surface area contributed by atoms with E-state index in [1.807, 2.05) is 6.07 Å². The molecule has 144 valence electrons. The van der Waals surface area contributed by atoms with Crippen molar-refractivity contribution in [3.63, 3.8) is 0 Å². The fraction of sp³-hybridized carbons (Fsp3) is 0.190. The number of carbonyl (C=O) groups excluding carboxylic acids is 2. The summed E-state index contributed by atoms with van der Waals surface area (Å²) >= 11 is 0. The highest BCUT2D eigenvalue weighted by atomic mass is 16.6. The molecule has 2 aromatic carbocycles. The van der Waals surface area contributed by atoms with Crippen LogP contribution in [0.5, 0.6) is 11.5 Å². The molecule has 0 atom stereocenters. The minimum atomic E-state index is -0.518. The SMILES string of the molecule is CCOC(=O)COc1ccc(C=C(C#N)C(=O)Nc2ccc(OC)cc2)cc1. The van der Waals surface area contributed by atoms with Gasteiger partial charge in [-0.05, 0) is 55.0 Å². The van der Waals surface area contributed by atoms with Crippen LogP contribution in [0.15, 0.2) is 54.1 Å². The Morgan fingerprint density at radius 3 is 2.29 bits per heavy atom. The lowest BCUT2D eigenvalue weighted by molar-refractivity contribution is -0.145. The predicted molar refractivity (Wildman–Crippen MR) is 104 cm³/mol. The van der Waals surface area contributed by atoms with Gasteiger partial charge in [-0.3, -0.25) is 4.79 Å². The number of nitriles is 1. The van der Waals surface area contributed by atoms with Crippen LogP contribution in [0.4, 0.5) is 5.69 Å². The van der Waals surface area contributed by atoms with Gasteiger partial charge in [-0.1, -0.05) is 12.1 Å². The molecule has 0 aliphatic heterocycles. The van der Waals surface area contributed by atoms with E-state index in [4.69, 9.17) is 14.2 Å². The van der Waals surface area contributed by atoms with E-state index in [1.54, 1.807) is 62.6 Å². The van der Waals surface area contributed by atoms with Crippen LogP contribution in [0.3, 0.4) is 0 Å². The van der Waals surface area contributed by atoms with E-state index in [0.29, 0.717) is 29.4 Å². The molecule has 0 radical (unpaired) electrons. The van der Waals surface area contributed by atoms with Crippen LogP contribution in [-0.2, 0) is 14.3 Å². The van der Waals surface area contributed by atoms with Crippen molar-refractivity contribution < 1.29 is 23.8 Å². The van der Waals surface area contributed by atoms with Crippen LogP contribution in [-0.4, -0.2) is 32.2 Å². The molecule has 7 nitrogen and oxygen atoms in total. The van der Waals surface area contributed by atoms with E-state index in [2.05, 4.69) is 5.32 Å². The van der Waals surface area contributed by atoms with Crippen molar-refractivity contribution in [1.29, 1.82) is 5.26 Å². The summed E-state index contributed by atoms with van der Waals surface area (Å²) in [6.07, 6.45) is 1.47. The molecular formula is C21H20N2O5. The number of carbonyl (C=O) groups is 2. The van der Waals surface area contributed by atoms with Crippen molar-refractivity contribution in [2.45, 2.75) is 6.92 Å². The average molecular weight is 380 g/mol. The van der Waals surface area contributed by atoms with Crippen molar-refractivity contribution in [3.8, 4) is 17.6 Å². The molecule has 1 N–H and O–H groups in total. The summed E-state index contributed by atoms with van der Waals surface area (Å²) < 4.78 is 15.1. The Morgan fingerprint density at radius 2 is 1.71 bits per heavy atom. The Kier molecular flexibility index (Phi) is 7.61. The zero-order valence-corrected chi connectivity index (χ0v) is 15.6. The zero-order valence-electron chi connectivity index (χ0n) is 15.6. The Bertz CT molecular complexity index is 881.